The molecule has 0 aliphatic rings. The van der Waals surface area contributed by atoms with Crippen LogP contribution in [0.5, 0.6) is 0 Å². The van der Waals surface area contributed by atoms with Crippen molar-refractivity contribution < 1.29 is 56.9 Å². The molecule has 0 saturated carbocycles. The van der Waals surface area contributed by atoms with Crippen LogP contribution in [-0.2, 0) is 49.1 Å². The van der Waals surface area contributed by atoms with Gasteiger partial charge >= 0.3 is 19.6 Å². The Kier molecular flexibility index (Phi) is 25.7. The molecule has 0 aromatic heterocycles. The number of benzene rings is 2. The normalized spacial score (nSPS) is 14.1. The molecule has 2 aromatic carbocycles. The summed E-state index contributed by atoms with van der Waals surface area (Å²) in [6, 6.07) is 7.72. The molecular weight excluding hydrogens is 976 g/mol. The number of carbonyl (C=O) groups excluding carboxylic acids is 7. The summed E-state index contributed by atoms with van der Waals surface area (Å²) in [5, 5.41) is 17.5. The smallest absolute Gasteiger partial charge is 0.410 e. The monoisotopic (exact) mass is 1060 g/mol. The SMILES string of the molecule is C=CP(=O)(Nc1ccc(C(=O)NC(C(=O)N[C@@H](CCCNC(N)=O)C(=O)Nc2ccc(COC(=O)N(C)[C@H](C(=O)N(NC)C(C(=O)NC)C(C)C)C(C)C)cc2)C(C)C)cc1)OCCC(C)(C)OCC(C)(C)OC. The second kappa shape index (κ2) is 29.7. The number of hydrazine groups is 1. The molecule has 414 valence electrons. The zero-order valence-corrected chi connectivity index (χ0v) is 46.6. The molecule has 0 saturated heterocycles. The van der Waals surface area contributed by atoms with Crippen LogP contribution in [0, 0.1) is 17.8 Å². The molecule has 8 amide bonds. The summed E-state index contributed by atoms with van der Waals surface area (Å²) in [7, 11) is 2.51. The molecule has 2 rings (SSSR count). The van der Waals surface area contributed by atoms with Crippen molar-refractivity contribution in [1.82, 2.24) is 36.6 Å². The second-order valence-electron chi connectivity index (χ2n) is 20.0. The number of rotatable bonds is 31. The molecule has 9 N–H and O–H groups in total. The first-order valence-electron chi connectivity index (χ1n) is 24.7. The molecule has 2 aromatic rings. The Morgan fingerprint density at radius 3 is 1.91 bits per heavy atom. The highest BCUT2D eigenvalue weighted by Crippen LogP contribution is 2.48. The third-order valence-corrected chi connectivity index (χ3v) is 13.6. The van der Waals surface area contributed by atoms with Gasteiger partial charge in [-0.15, -0.1) is 0 Å². The number of likely N-dealkylation sites (N-methyl/N-ethyl adjacent to an activating group) is 2. The van der Waals surface area contributed by atoms with E-state index in [1.54, 1.807) is 71.2 Å². The van der Waals surface area contributed by atoms with Gasteiger partial charge in [-0.05, 0) is 107 Å². The van der Waals surface area contributed by atoms with Crippen LogP contribution in [-0.4, -0.2) is 135 Å². The maximum atomic E-state index is 13.9. The van der Waals surface area contributed by atoms with E-state index in [0.29, 0.717) is 30.0 Å². The number of ether oxygens (including phenoxy) is 3. The van der Waals surface area contributed by atoms with Crippen LogP contribution in [0.1, 0.15) is 104 Å². The standard InChI is InChI=1S/C51H83N10O12P/c1-16-74(69,73-29-27-50(8,9)72-31-51(10,11)70-15)59-38-25-21-36(22-26-38)43(62)58-40(32(2)3)45(64)57-39(18-17-28-55-48(52)67)44(63)56-37-23-19-35(20-24-37)30-71-49(68)60(14)42(34(6)7)47(66)61(54-13)41(33(4)5)46(65)53-12/h16,19-26,32-34,39-42,54H,1,17-18,27-31H2,2-15H3,(H,53,65)(H,56,63)(H,57,64)(H,58,62)(H,59,69)(H3,52,55,67)/t39-,40?,41?,42-,74?/m0/s1. The highest BCUT2D eigenvalue weighted by molar-refractivity contribution is 7.63. The molecule has 0 fully saturated rings. The number of carbonyl (C=O) groups is 7. The van der Waals surface area contributed by atoms with Crippen LogP contribution in [0.25, 0.3) is 0 Å². The minimum atomic E-state index is -3.56. The van der Waals surface area contributed by atoms with Crippen LogP contribution in [0.15, 0.2) is 60.9 Å². The summed E-state index contributed by atoms with van der Waals surface area (Å²) in [4.78, 5) is 93.6. The average Bonchev–Trinajstić information content (AvgIpc) is 3.34. The molecule has 5 atom stereocenters. The quantitative estimate of drug-likeness (QED) is 0.0255. The molecule has 23 heteroatoms. The van der Waals surface area contributed by atoms with E-state index in [1.807, 2.05) is 41.5 Å². The number of hydrogen-bond acceptors (Lipinski definition) is 13. The highest BCUT2D eigenvalue weighted by atomic mass is 31.2. The zero-order chi connectivity index (χ0) is 56.1. The van der Waals surface area contributed by atoms with Gasteiger partial charge in [-0.2, -0.15) is 0 Å². The predicted octanol–water partition coefficient (Wildman–Crippen LogP) is 5.72. The summed E-state index contributed by atoms with van der Waals surface area (Å²) >= 11 is 0. The molecule has 22 nitrogen and oxygen atoms in total. The lowest BCUT2D eigenvalue weighted by Crippen LogP contribution is -2.62. The van der Waals surface area contributed by atoms with Gasteiger partial charge in [0.25, 0.3) is 11.8 Å². The first-order valence-corrected chi connectivity index (χ1v) is 26.3. The number of urea groups is 1. The fraction of sp³-hybridized carbons (Fsp3) is 0.588. The van der Waals surface area contributed by atoms with E-state index in [-0.39, 0.29) is 55.9 Å². The van der Waals surface area contributed by atoms with Crippen LogP contribution in [0.3, 0.4) is 0 Å². The topological polar surface area (TPSA) is 290 Å². The molecule has 0 bridgehead atoms. The van der Waals surface area contributed by atoms with Crippen LogP contribution >= 0.6 is 7.52 Å². The van der Waals surface area contributed by atoms with Crippen LogP contribution in [0.4, 0.5) is 21.0 Å². The lowest BCUT2D eigenvalue weighted by Gasteiger charge is -2.38. The second-order valence-corrected chi connectivity index (χ2v) is 22.1. The predicted molar refractivity (Wildman–Crippen MR) is 285 cm³/mol. The van der Waals surface area contributed by atoms with Crippen LogP contribution < -0.4 is 42.8 Å². The van der Waals surface area contributed by atoms with Crippen molar-refractivity contribution in [2.24, 2.45) is 23.5 Å². The van der Waals surface area contributed by atoms with Crippen molar-refractivity contribution in [1.29, 1.82) is 0 Å². The number of nitrogens with one attached hydrogen (secondary N) is 7. The minimum Gasteiger partial charge on any atom is -0.445 e. The summed E-state index contributed by atoms with van der Waals surface area (Å²) in [6.45, 7) is 22.4. The van der Waals surface area contributed by atoms with Crippen molar-refractivity contribution >= 4 is 60.6 Å². The Bertz CT molecular complexity index is 2240. The molecule has 0 aliphatic carbocycles. The van der Waals surface area contributed by atoms with Gasteiger partial charge in [-0.1, -0.05) is 60.3 Å². The lowest BCUT2D eigenvalue weighted by molar-refractivity contribution is -0.150. The number of hydrogen-bond donors (Lipinski definition) is 8. The molecule has 0 heterocycles. The van der Waals surface area contributed by atoms with E-state index in [9.17, 15) is 38.1 Å². The van der Waals surface area contributed by atoms with Crippen molar-refractivity contribution in [2.45, 2.75) is 130 Å². The van der Waals surface area contributed by atoms with Gasteiger partial charge < -0.3 is 56.1 Å². The van der Waals surface area contributed by atoms with Gasteiger partial charge in [0.1, 0.15) is 30.8 Å². The molecule has 0 aliphatic heterocycles. The summed E-state index contributed by atoms with van der Waals surface area (Å²) in [5.41, 5.74) is 8.48. The van der Waals surface area contributed by atoms with Crippen molar-refractivity contribution in [3.63, 3.8) is 0 Å². The fourth-order valence-electron chi connectivity index (χ4n) is 7.31. The van der Waals surface area contributed by atoms with E-state index in [1.165, 1.54) is 49.0 Å². The Balaban J connectivity index is 2.14. The summed E-state index contributed by atoms with van der Waals surface area (Å²) in [5.74, 6) is -2.48. The van der Waals surface area contributed by atoms with Crippen molar-refractivity contribution in [3.05, 3.63) is 72.1 Å². The van der Waals surface area contributed by atoms with Gasteiger partial charge in [0.15, 0.2) is 0 Å². The number of methoxy groups -OCH3 is 1. The van der Waals surface area contributed by atoms with E-state index in [0.717, 1.165) is 0 Å². The van der Waals surface area contributed by atoms with Gasteiger partial charge in [0, 0.05) is 57.6 Å². The first-order chi connectivity index (χ1) is 34.5. The largest absolute Gasteiger partial charge is 0.445 e. The number of amides is 8. The molecule has 0 spiro atoms. The van der Waals surface area contributed by atoms with Crippen molar-refractivity contribution in [3.8, 4) is 0 Å². The minimum absolute atomic E-state index is 0.0824. The Labute approximate surface area is 437 Å². The molecule has 0 radical (unpaired) electrons. The maximum absolute atomic E-state index is 13.9. The lowest BCUT2D eigenvalue weighted by atomic mass is 9.98. The average molecular weight is 1060 g/mol. The molecular formula is C51H83N10O12P. The Morgan fingerprint density at radius 2 is 1.39 bits per heavy atom. The maximum Gasteiger partial charge on any atom is 0.410 e. The number of nitrogens with zero attached hydrogens (tertiary/aromatic N) is 2. The number of anilines is 2. The van der Waals surface area contributed by atoms with Crippen LogP contribution in [0.2, 0.25) is 0 Å². The third-order valence-electron chi connectivity index (χ3n) is 11.9. The fourth-order valence-corrected chi connectivity index (χ4v) is 8.44. The van der Waals surface area contributed by atoms with E-state index in [2.05, 4.69) is 43.7 Å². The first kappa shape index (κ1) is 64.1. The van der Waals surface area contributed by atoms with Gasteiger partial charge in [0.2, 0.25) is 17.7 Å². The van der Waals surface area contributed by atoms with Gasteiger partial charge in [0.05, 0.1) is 24.4 Å². The third kappa shape index (κ3) is 20.7. The molecule has 74 heavy (non-hydrogen) atoms. The highest BCUT2D eigenvalue weighted by Gasteiger charge is 2.40. The Hall–Kier alpha value is -6.06. The van der Waals surface area contributed by atoms with E-state index in [4.69, 9.17) is 24.5 Å². The van der Waals surface area contributed by atoms with Gasteiger partial charge in [-0.3, -0.25) is 38.4 Å². The number of primary amides is 1. The zero-order valence-electron chi connectivity index (χ0n) is 45.7. The molecule has 3 unspecified atom stereocenters. The van der Waals surface area contributed by atoms with E-state index < -0.39 is 84.6 Å². The van der Waals surface area contributed by atoms with Gasteiger partial charge in [-0.25, -0.2) is 15.0 Å². The van der Waals surface area contributed by atoms with Crippen molar-refractivity contribution in [2.75, 3.05) is 58.4 Å². The summed E-state index contributed by atoms with van der Waals surface area (Å²) in [6.07, 6.45) is -0.0115. The number of nitrogens with two attached hydrogens (primary N) is 1. The summed E-state index contributed by atoms with van der Waals surface area (Å²) < 4.78 is 36.3. The van der Waals surface area contributed by atoms with E-state index >= 15 is 0 Å². The Morgan fingerprint density at radius 1 is 0.797 bits per heavy atom.